The van der Waals surface area contributed by atoms with Crippen LogP contribution in [-0.2, 0) is 4.79 Å². The summed E-state index contributed by atoms with van der Waals surface area (Å²) in [4.78, 5) is 21.2. The van der Waals surface area contributed by atoms with Crippen molar-refractivity contribution >= 4 is 27.6 Å². The van der Waals surface area contributed by atoms with Gasteiger partial charge in [-0.25, -0.2) is 4.79 Å². The molecule has 0 bridgehead atoms. The van der Waals surface area contributed by atoms with E-state index in [-0.39, 0.29) is 21.8 Å². The first kappa shape index (κ1) is 14.4. The third kappa shape index (κ3) is 3.19. The lowest BCUT2D eigenvalue weighted by molar-refractivity contribution is -0.385. The number of carbonyl (C=O) groups is 1. The van der Waals surface area contributed by atoms with Gasteiger partial charge in [0.15, 0.2) is 6.10 Å². The highest BCUT2D eigenvalue weighted by Crippen LogP contribution is 2.34. The summed E-state index contributed by atoms with van der Waals surface area (Å²) in [5, 5.41) is 19.7. The van der Waals surface area contributed by atoms with Gasteiger partial charge in [-0.2, -0.15) is 0 Å². The first-order chi connectivity index (χ1) is 8.34. The molecular weight excluding hydrogens is 306 g/mol. The summed E-state index contributed by atoms with van der Waals surface area (Å²) in [5.74, 6) is -1.22. The van der Waals surface area contributed by atoms with Crippen molar-refractivity contribution in [1.82, 2.24) is 0 Å². The van der Waals surface area contributed by atoms with Crippen molar-refractivity contribution in [2.24, 2.45) is 5.92 Å². The number of nitrogens with zero attached hydrogens (tertiary/aromatic N) is 1. The molecule has 1 atom stereocenters. The number of aliphatic carboxylic acids is 1. The van der Waals surface area contributed by atoms with Gasteiger partial charge in [0.25, 0.3) is 5.69 Å². The van der Waals surface area contributed by atoms with Crippen LogP contribution in [0.15, 0.2) is 22.7 Å². The number of hydrogen-bond donors (Lipinski definition) is 1. The molecule has 0 radical (unpaired) electrons. The number of halogens is 1. The molecule has 1 N–H and O–H groups in total. The Morgan fingerprint density at radius 1 is 1.50 bits per heavy atom. The Kier molecular flexibility index (Phi) is 4.66. The van der Waals surface area contributed by atoms with E-state index in [0.717, 1.165) is 0 Å². The molecule has 98 valence electrons. The lowest BCUT2D eigenvalue weighted by Crippen LogP contribution is -2.32. The van der Waals surface area contributed by atoms with Crippen molar-refractivity contribution in [3.63, 3.8) is 0 Å². The predicted molar refractivity (Wildman–Crippen MR) is 67.7 cm³/mol. The van der Waals surface area contributed by atoms with Crippen molar-refractivity contribution in [3.8, 4) is 5.75 Å². The molecule has 1 aromatic rings. The van der Waals surface area contributed by atoms with E-state index in [9.17, 15) is 14.9 Å². The highest BCUT2D eigenvalue weighted by Gasteiger charge is 2.26. The molecule has 0 aromatic heterocycles. The Morgan fingerprint density at radius 2 is 2.11 bits per heavy atom. The largest absolute Gasteiger partial charge is 0.478 e. The molecular formula is C11H12BrNO5. The summed E-state index contributed by atoms with van der Waals surface area (Å²) in [6.07, 6.45) is -1.05. The molecule has 1 unspecified atom stereocenters. The number of benzene rings is 1. The van der Waals surface area contributed by atoms with Crippen LogP contribution < -0.4 is 4.74 Å². The molecule has 0 fully saturated rings. The molecule has 1 aromatic carbocycles. The maximum absolute atomic E-state index is 11.0. The third-order valence-corrected chi connectivity index (χ3v) is 3.04. The molecule has 0 aliphatic rings. The molecule has 7 heteroatoms. The van der Waals surface area contributed by atoms with Crippen LogP contribution in [0.2, 0.25) is 0 Å². The molecule has 0 spiro atoms. The van der Waals surface area contributed by atoms with Gasteiger partial charge in [0.2, 0.25) is 0 Å². The maximum Gasteiger partial charge on any atom is 0.345 e. The van der Waals surface area contributed by atoms with Gasteiger partial charge in [0.05, 0.1) is 4.92 Å². The van der Waals surface area contributed by atoms with E-state index in [0.29, 0.717) is 0 Å². The summed E-state index contributed by atoms with van der Waals surface area (Å²) < 4.78 is 5.45. The van der Waals surface area contributed by atoms with Crippen LogP contribution in [0.1, 0.15) is 13.8 Å². The van der Waals surface area contributed by atoms with Crippen LogP contribution in [0, 0.1) is 16.0 Å². The molecule has 0 heterocycles. The zero-order valence-electron chi connectivity index (χ0n) is 9.79. The lowest BCUT2D eigenvalue weighted by Gasteiger charge is -2.18. The van der Waals surface area contributed by atoms with Gasteiger partial charge in [-0.15, -0.1) is 0 Å². The van der Waals surface area contributed by atoms with Gasteiger partial charge in [-0.3, -0.25) is 10.1 Å². The summed E-state index contributed by atoms with van der Waals surface area (Å²) in [7, 11) is 0. The van der Waals surface area contributed by atoms with E-state index >= 15 is 0 Å². The van der Waals surface area contributed by atoms with E-state index in [1.54, 1.807) is 13.8 Å². The van der Waals surface area contributed by atoms with Crippen LogP contribution in [0.3, 0.4) is 0 Å². The number of nitro benzene ring substituents is 1. The van der Waals surface area contributed by atoms with Crippen molar-refractivity contribution < 1.29 is 19.6 Å². The van der Waals surface area contributed by atoms with Crippen molar-refractivity contribution in [2.75, 3.05) is 0 Å². The van der Waals surface area contributed by atoms with E-state index in [1.165, 1.54) is 18.2 Å². The highest BCUT2D eigenvalue weighted by molar-refractivity contribution is 9.10. The van der Waals surface area contributed by atoms with E-state index in [1.807, 2.05) is 0 Å². The Bertz CT molecular complexity index is 475. The fraction of sp³-hybridized carbons (Fsp3) is 0.364. The minimum Gasteiger partial charge on any atom is -0.478 e. The second kappa shape index (κ2) is 5.81. The van der Waals surface area contributed by atoms with Crippen LogP contribution in [0.5, 0.6) is 5.75 Å². The number of rotatable bonds is 5. The predicted octanol–water partition coefficient (Wildman–Crippen LogP) is 2.85. The second-order valence-corrected chi connectivity index (χ2v) is 4.76. The number of carboxylic acid groups (broad SMARTS) is 1. The van der Waals surface area contributed by atoms with Gasteiger partial charge in [-0.05, 0) is 22.0 Å². The van der Waals surface area contributed by atoms with Crippen LogP contribution in [-0.4, -0.2) is 22.1 Å². The Labute approximate surface area is 112 Å². The number of hydrogen-bond acceptors (Lipinski definition) is 4. The minimum atomic E-state index is -1.11. The van der Waals surface area contributed by atoms with Gasteiger partial charge in [0, 0.05) is 12.0 Å². The third-order valence-electron chi connectivity index (χ3n) is 2.24. The number of carboxylic acids is 1. The molecule has 0 amide bonds. The second-order valence-electron chi connectivity index (χ2n) is 3.97. The number of ether oxygens (including phenoxy) is 1. The van der Waals surface area contributed by atoms with Gasteiger partial charge in [-0.1, -0.05) is 19.9 Å². The first-order valence-electron chi connectivity index (χ1n) is 5.17. The lowest BCUT2D eigenvalue weighted by atomic mass is 10.1. The summed E-state index contributed by atoms with van der Waals surface area (Å²) in [5.41, 5.74) is -0.166. The smallest absolute Gasteiger partial charge is 0.345 e. The highest BCUT2D eigenvalue weighted by atomic mass is 79.9. The molecule has 18 heavy (non-hydrogen) atoms. The normalized spacial score (nSPS) is 12.2. The van der Waals surface area contributed by atoms with Gasteiger partial charge < -0.3 is 9.84 Å². The minimum absolute atomic E-state index is 0.141. The monoisotopic (exact) mass is 317 g/mol. The summed E-state index contributed by atoms with van der Waals surface area (Å²) in [6, 6.07) is 4.23. The molecule has 0 aliphatic carbocycles. The molecule has 0 aliphatic heterocycles. The Hall–Kier alpha value is -1.63. The molecule has 6 nitrogen and oxygen atoms in total. The Morgan fingerprint density at radius 3 is 2.56 bits per heavy atom. The van der Waals surface area contributed by atoms with Crippen LogP contribution in [0.25, 0.3) is 0 Å². The van der Waals surface area contributed by atoms with Crippen molar-refractivity contribution in [2.45, 2.75) is 20.0 Å². The Balaban J connectivity index is 3.07. The number of nitro groups is 1. The zero-order valence-corrected chi connectivity index (χ0v) is 11.4. The summed E-state index contributed by atoms with van der Waals surface area (Å²) in [6.45, 7) is 3.40. The topological polar surface area (TPSA) is 89.7 Å². The van der Waals surface area contributed by atoms with E-state index < -0.39 is 17.0 Å². The summed E-state index contributed by atoms with van der Waals surface area (Å²) >= 11 is 3.05. The van der Waals surface area contributed by atoms with E-state index in [4.69, 9.17) is 9.84 Å². The van der Waals surface area contributed by atoms with E-state index in [2.05, 4.69) is 15.9 Å². The van der Waals surface area contributed by atoms with Crippen LogP contribution >= 0.6 is 15.9 Å². The average Bonchev–Trinajstić information content (AvgIpc) is 2.26. The fourth-order valence-electron chi connectivity index (χ4n) is 1.34. The molecule has 1 rings (SSSR count). The zero-order chi connectivity index (χ0) is 13.9. The van der Waals surface area contributed by atoms with Crippen LogP contribution in [0.4, 0.5) is 5.69 Å². The average molecular weight is 318 g/mol. The maximum atomic E-state index is 11.0. The first-order valence-corrected chi connectivity index (χ1v) is 5.96. The van der Waals surface area contributed by atoms with Crippen molar-refractivity contribution in [1.29, 1.82) is 0 Å². The van der Waals surface area contributed by atoms with Gasteiger partial charge >= 0.3 is 5.97 Å². The molecule has 0 saturated carbocycles. The molecule has 0 saturated heterocycles. The quantitative estimate of drug-likeness (QED) is 0.666. The fourth-order valence-corrected chi connectivity index (χ4v) is 1.84. The van der Waals surface area contributed by atoms with Crippen molar-refractivity contribution in [3.05, 3.63) is 32.8 Å². The SMILES string of the molecule is CC(C)C(Oc1cccc([N+](=O)[O-])c1Br)C(=O)O. The van der Waals surface area contributed by atoms with Gasteiger partial charge in [0.1, 0.15) is 10.2 Å². The standard InChI is InChI=1S/C11H12BrNO5/c1-6(2)10(11(14)15)18-8-5-3-4-7(9(8)12)13(16)17/h3-6,10H,1-2H3,(H,14,15).